The zero-order chi connectivity index (χ0) is 9.19. The molecular weight excluding hydrogens is 154 g/mol. The van der Waals surface area contributed by atoms with Crippen LogP contribution in [0.15, 0.2) is 24.3 Å². The van der Waals surface area contributed by atoms with E-state index < -0.39 is 11.5 Å². The van der Waals surface area contributed by atoms with Gasteiger partial charge in [0.25, 0.3) is 0 Å². The van der Waals surface area contributed by atoms with Crippen molar-refractivity contribution < 1.29 is 9.53 Å². The predicted octanol–water partition coefficient (Wildman–Crippen LogP) is 0.752. The quantitative estimate of drug-likeness (QED) is 0.521. The number of ether oxygens (including phenoxy) is 1. The first kappa shape index (κ1) is 8.87. The van der Waals surface area contributed by atoms with Gasteiger partial charge in [-0.1, -0.05) is 0 Å². The fraction of sp³-hybridized carbons (Fsp3) is 0.333. The van der Waals surface area contributed by atoms with Crippen LogP contribution in [0.2, 0.25) is 0 Å². The minimum absolute atomic E-state index is 0.422. The summed E-state index contributed by atoms with van der Waals surface area (Å²) >= 11 is 0. The molecule has 0 unspecified atom stereocenters. The number of methoxy groups -OCH3 is 1. The van der Waals surface area contributed by atoms with Gasteiger partial charge < -0.3 is 10.5 Å². The zero-order valence-corrected chi connectivity index (χ0v) is 7.20. The van der Waals surface area contributed by atoms with Gasteiger partial charge in [-0.3, -0.25) is 0 Å². The van der Waals surface area contributed by atoms with E-state index in [1.54, 1.807) is 19.1 Å². The highest BCUT2D eigenvalue weighted by Gasteiger charge is 2.27. The molecule has 0 amide bonds. The van der Waals surface area contributed by atoms with Gasteiger partial charge in [0.15, 0.2) is 0 Å². The first-order valence-electron chi connectivity index (χ1n) is 3.68. The summed E-state index contributed by atoms with van der Waals surface area (Å²) < 4.78 is 4.57. The normalized spacial score (nSPS) is 15.2. The number of rotatable bonds is 2. The van der Waals surface area contributed by atoms with Crippen LogP contribution in [0.5, 0.6) is 0 Å². The number of carbonyl (C=O) groups excluding carboxylic acids is 1. The maximum atomic E-state index is 11.2. The van der Waals surface area contributed by atoms with Crippen molar-refractivity contribution in [1.82, 2.24) is 0 Å². The van der Waals surface area contributed by atoms with Gasteiger partial charge in [-0.2, -0.15) is 12.1 Å². The van der Waals surface area contributed by atoms with Crippen molar-refractivity contribution in [3.63, 3.8) is 0 Å². The van der Waals surface area contributed by atoms with Gasteiger partial charge in [-0.15, -0.1) is 5.56 Å². The molecule has 2 N–H and O–H groups in total. The van der Waals surface area contributed by atoms with E-state index in [1.165, 1.54) is 7.11 Å². The van der Waals surface area contributed by atoms with Crippen LogP contribution in [-0.2, 0) is 15.1 Å². The molecule has 0 bridgehead atoms. The van der Waals surface area contributed by atoms with Crippen LogP contribution in [0.3, 0.4) is 0 Å². The summed E-state index contributed by atoms with van der Waals surface area (Å²) in [5.41, 5.74) is 5.51. The highest BCUT2D eigenvalue weighted by molar-refractivity contribution is 5.81. The van der Waals surface area contributed by atoms with Gasteiger partial charge in [0.1, 0.15) is 5.54 Å². The summed E-state index contributed by atoms with van der Waals surface area (Å²) in [7, 11) is 1.33. The van der Waals surface area contributed by atoms with Crippen LogP contribution in [0.4, 0.5) is 0 Å². The van der Waals surface area contributed by atoms with Gasteiger partial charge in [0, 0.05) is 0 Å². The highest BCUT2D eigenvalue weighted by atomic mass is 16.5. The minimum atomic E-state index is -1.03. The Kier molecular flexibility index (Phi) is 2.24. The standard InChI is InChI=1S/C9H12NO2/c1-9(10,8(11)12-2)7-5-3-4-6-7/h3-6H,10H2,1-2H3/q-1/t9-/m1/s1. The maximum absolute atomic E-state index is 11.2. The van der Waals surface area contributed by atoms with E-state index in [1.807, 2.05) is 12.1 Å². The van der Waals surface area contributed by atoms with E-state index in [4.69, 9.17) is 5.73 Å². The van der Waals surface area contributed by atoms with Gasteiger partial charge in [-0.25, -0.2) is 16.9 Å². The number of hydrogen-bond acceptors (Lipinski definition) is 3. The Morgan fingerprint density at radius 3 is 2.83 bits per heavy atom. The molecule has 0 saturated heterocycles. The van der Waals surface area contributed by atoms with Crippen molar-refractivity contribution in [2.45, 2.75) is 12.5 Å². The summed E-state index contributed by atoms with van der Waals surface area (Å²) in [5.74, 6) is -0.422. The van der Waals surface area contributed by atoms with Gasteiger partial charge in [-0.05, 0) is 6.92 Å². The molecule has 0 aliphatic carbocycles. The average molecular weight is 166 g/mol. The third kappa shape index (κ3) is 1.36. The van der Waals surface area contributed by atoms with E-state index >= 15 is 0 Å². The van der Waals surface area contributed by atoms with Crippen LogP contribution in [-0.4, -0.2) is 13.1 Å². The third-order valence-electron chi connectivity index (χ3n) is 1.87. The summed E-state index contributed by atoms with van der Waals surface area (Å²) in [6.07, 6.45) is 0. The largest absolute Gasteiger partial charge is 0.467 e. The fourth-order valence-corrected chi connectivity index (χ4v) is 1.05. The van der Waals surface area contributed by atoms with Crippen LogP contribution in [0, 0.1) is 0 Å². The van der Waals surface area contributed by atoms with Crippen LogP contribution >= 0.6 is 0 Å². The predicted molar refractivity (Wildman–Crippen MR) is 45.6 cm³/mol. The lowest BCUT2D eigenvalue weighted by Crippen LogP contribution is -2.42. The molecule has 1 rings (SSSR count). The number of carbonyl (C=O) groups is 1. The molecule has 3 nitrogen and oxygen atoms in total. The molecule has 0 radical (unpaired) electrons. The lowest BCUT2D eigenvalue weighted by molar-refractivity contribution is -0.146. The second-order valence-corrected chi connectivity index (χ2v) is 2.87. The van der Waals surface area contributed by atoms with Gasteiger partial charge in [0.05, 0.1) is 7.11 Å². The van der Waals surface area contributed by atoms with E-state index in [-0.39, 0.29) is 0 Å². The van der Waals surface area contributed by atoms with Crippen LogP contribution in [0.1, 0.15) is 12.5 Å². The third-order valence-corrected chi connectivity index (χ3v) is 1.87. The SMILES string of the molecule is COC(=O)[C@](C)(N)c1ccc[cH-]1. The second kappa shape index (κ2) is 3.03. The smallest absolute Gasteiger partial charge is 0.328 e. The van der Waals surface area contributed by atoms with E-state index in [0.717, 1.165) is 5.56 Å². The molecule has 0 aromatic heterocycles. The second-order valence-electron chi connectivity index (χ2n) is 2.87. The van der Waals surface area contributed by atoms with Crippen molar-refractivity contribution >= 4 is 5.97 Å². The van der Waals surface area contributed by atoms with Crippen molar-refractivity contribution in [3.8, 4) is 0 Å². The summed E-state index contributed by atoms with van der Waals surface area (Å²) in [6.45, 7) is 1.63. The van der Waals surface area contributed by atoms with Crippen LogP contribution in [0.25, 0.3) is 0 Å². The van der Waals surface area contributed by atoms with Crippen molar-refractivity contribution in [1.29, 1.82) is 0 Å². The Bertz CT molecular complexity index is 262. The molecule has 3 heteroatoms. The van der Waals surface area contributed by atoms with Crippen LogP contribution < -0.4 is 5.73 Å². The lowest BCUT2D eigenvalue weighted by Gasteiger charge is -2.23. The lowest BCUT2D eigenvalue weighted by atomic mass is 9.96. The summed E-state index contributed by atoms with van der Waals surface area (Å²) in [6, 6.07) is 7.28. The fourth-order valence-electron chi connectivity index (χ4n) is 1.05. The summed E-state index contributed by atoms with van der Waals surface area (Å²) in [5, 5.41) is 0. The van der Waals surface area contributed by atoms with Crippen molar-refractivity contribution in [3.05, 3.63) is 29.8 Å². The van der Waals surface area contributed by atoms with E-state index in [2.05, 4.69) is 4.74 Å². The Morgan fingerprint density at radius 2 is 2.42 bits per heavy atom. The maximum Gasteiger partial charge on any atom is 0.328 e. The molecule has 0 fully saturated rings. The molecule has 12 heavy (non-hydrogen) atoms. The topological polar surface area (TPSA) is 52.3 Å². The van der Waals surface area contributed by atoms with Gasteiger partial charge in [0.2, 0.25) is 0 Å². The first-order valence-corrected chi connectivity index (χ1v) is 3.68. The molecule has 1 atom stereocenters. The Morgan fingerprint density at radius 1 is 1.75 bits per heavy atom. The Labute approximate surface area is 71.5 Å². The molecule has 0 saturated carbocycles. The van der Waals surface area contributed by atoms with Crippen molar-refractivity contribution in [2.75, 3.05) is 7.11 Å². The molecule has 1 aromatic carbocycles. The first-order chi connectivity index (χ1) is 5.59. The Hall–Kier alpha value is -1.22. The molecule has 0 heterocycles. The van der Waals surface area contributed by atoms with Gasteiger partial charge >= 0.3 is 5.97 Å². The monoisotopic (exact) mass is 166 g/mol. The van der Waals surface area contributed by atoms with E-state index in [0.29, 0.717) is 0 Å². The summed E-state index contributed by atoms with van der Waals surface area (Å²) in [4.78, 5) is 11.2. The highest BCUT2D eigenvalue weighted by Crippen LogP contribution is 2.18. The van der Waals surface area contributed by atoms with E-state index in [9.17, 15) is 4.79 Å². The minimum Gasteiger partial charge on any atom is -0.467 e. The van der Waals surface area contributed by atoms with Crippen molar-refractivity contribution in [2.24, 2.45) is 5.73 Å². The number of hydrogen-bond donors (Lipinski definition) is 1. The molecular formula is C9H12NO2-. The molecule has 0 aliphatic heterocycles. The number of nitrogens with two attached hydrogens (primary N) is 1. The number of esters is 1. The average Bonchev–Trinajstić information content (AvgIpc) is 2.55. The molecule has 0 spiro atoms. The molecule has 0 aliphatic rings. The Balaban J connectivity index is 2.93. The molecule has 66 valence electrons. The molecule has 1 aromatic rings. The zero-order valence-electron chi connectivity index (χ0n) is 7.20.